The summed E-state index contributed by atoms with van der Waals surface area (Å²) in [6, 6.07) is 9.10. The number of carbonyl (C=O) groups is 1. The van der Waals surface area contributed by atoms with Gasteiger partial charge in [0, 0.05) is 12.6 Å². The Bertz CT molecular complexity index is 1030. The zero-order valence-corrected chi connectivity index (χ0v) is 15.0. The van der Waals surface area contributed by atoms with Crippen LogP contribution < -0.4 is 11.1 Å². The lowest BCUT2D eigenvalue weighted by Gasteiger charge is -2.18. The molecular formula is C19H19FN6O. The second kappa shape index (κ2) is 6.39. The van der Waals surface area contributed by atoms with E-state index in [4.69, 9.17) is 5.73 Å². The maximum absolute atomic E-state index is 13.1. The first-order valence-electron chi connectivity index (χ1n) is 8.52. The number of carbonyl (C=O) groups excluding carboxylic acids is 1. The van der Waals surface area contributed by atoms with Crippen LogP contribution in [0.4, 0.5) is 20.7 Å². The summed E-state index contributed by atoms with van der Waals surface area (Å²) in [6.07, 6.45) is 0. The van der Waals surface area contributed by atoms with Crippen molar-refractivity contribution in [2.45, 2.75) is 20.0 Å². The smallest absolute Gasteiger partial charge is 0.323 e. The number of hydrogen-bond donors (Lipinski definition) is 2. The number of aryl methyl sites for hydroxylation is 1. The molecule has 0 unspecified atom stereocenters. The third-order valence-corrected chi connectivity index (χ3v) is 4.78. The number of pyridine rings is 1. The van der Waals surface area contributed by atoms with E-state index in [1.54, 1.807) is 29.2 Å². The first-order valence-corrected chi connectivity index (χ1v) is 8.52. The van der Waals surface area contributed by atoms with Crippen LogP contribution in [0.2, 0.25) is 0 Å². The van der Waals surface area contributed by atoms with Crippen LogP contribution in [0.15, 0.2) is 36.4 Å². The molecule has 27 heavy (non-hydrogen) atoms. The van der Waals surface area contributed by atoms with Crippen molar-refractivity contribution in [3.63, 3.8) is 0 Å². The summed E-state index contributed by atoms with van der Waals surface area (Å²) >= 11 is 0. The van der Waals surface area contributed by atoms with Crippen molar-refractivity contribution in [1.29, 1.82) is 0 Å². The Morgan fingerprint density at radius 3 is 2.59 bits per heavy atom. The minimum Gasteiger partial charge on any atom is -0.396 e. The summed E-state index contributed by atoms with van der Waals surface area (Å²) in [5, 5.41) is 2.77. The van der Waals surface area contributed by atoms with Gasteiger partial charge in [0.1, 0.15) is 11.6 Å². The van der Waals surface area contributed by atoms with E-state index < -0.39 is 0 Å². The number of hydrogen-bond acceptors (Lipinski definition) is 4. The Morgan fingerprint density at radius 2 is 1.89 bits per heavy atom. The fourth-order valence-electron chi connectivity index (χ4n) is 3.14. The largest absolute Gasteiger partial charge is 0.396 e. The van der Waals surface area contributed by atoms with Crippen molar-refractivity contribution in [2.75, 3.05) is 11.1 Å². The Balaban J connectivity index is 1.53. The topological polar surface area (TPSA) is 89.1 Å². The second-order valence-corrected chi connectivity index (χ2v) is 6.54. The van der Waals surface area contributed by atoms with Crippen molar-refractivity contribution in [1.82, 2.24) is 19.4 Å². The summed E-state index contributed by atoms with van der Waals surface area (Å²) in [5.41, 5.74) is 9.61. The van der Waals surface area contributed by atoms with Crippen LogP contribution in [0.5, 0.6) is 0 Å². The van der Waals surface area contributed by atoms with Gasteiger partial charge < -0.3 is 15.2 Å². The highest BCUT2D eigenvalue weighted by Crippen LogP contribution is 2.26. The van der Waals surface area contributed by atoms with Crippen LogP contribution in [0, 0.1) is 12.7 Å². The van der Waals surface area contributed by atoms with Crippen molar-refractivity contribution in [3.05, 3.63) is 59.4 Å². The number of benzene rings is 1. The van der Waals surface area contributed by atoms with E-state index in [2.05, 4.69) is 15.3 Å². The predicted molar refractivity (Wildman–Crippen MR) is 100 cm³/mol. The molecule has 0 saturated heterocycles. The van der Waals surface area contributed by atoms with E-state index in [1.807, 2.05) is 18.5 Å². The van der Waals surface area contributed by atoms with Crippen molar-refractivity contribution < 1.29 is 9.18 Å². The van der Waals surface area contributed by atoms with Gasteiger partial charge in [-0.3, -0.25) is 5.32 Å². The van der Waals surface area contributed by atoms with E-state index in [0.29, 0.717) is 24.5 Å². The number of urea groups is 1. The highest BCUT2D eigenvalue weighted by atomic mass is 19.1. The van der Waals surface area contributed by atoms with Crippen LogP contribution in [-0.2, 0) is 20.1 Å². The van der Waals surface area contributed by atoms with Crippen molar-refractivity contribution in [2.24, 2.45) is 7.05 Å². The fourth-order valence-corrected chi connectivity index (χ4v) is 3.14. The van der Waals surface area contributed by atoms with Gasteiger partial charge in [-0.1, -0.05) is 0 Å². The molecule has 0 radical (unpaired) electrons. The number of rotatable bonds is 2. The monoisotopic (exact) mass is 366 g/mol. The number of aromatic nitrogens is 3. The summed E-state index contributed by atoms with van der Waals surface area (Å²) < 4.78 is 15.1. The first kappa shape index (κ1) is 17.0. The molecule has 3 N–H and O–H groups in total. The van der Waals surface area contributed by atoms with Crippen LogP contribution >= 0.6 is 0 Å². The standard InChI is InChI=1S/C19H19FN6O/c1-11-22-16-9-26(10-17(16)25(11)2)19(27)24-18-14(21)7-8-15(23-18)12-3-5-13(20)6-4-12/h3-8H,9-10,21H2,1-2H3,(H,23,24,27). The zero-order chi connectivity index (χ0) is 19.1. The maximum atomic E-state index is 13.1. The van der Waals surface area contributed by atoms with Crippen LogP contribution in [0.3, 0.4) is 0 Å². The van der Waals surface area contributed by atoms with Gasteiger partial charge in [0.25, 0.3) is 0 Å². The molecule has 2 aromatic heterocycles. The Labute approximate surface area is 155 Å². The van der Waals surface area contributed by atoms with Gasteiger partial charge in [0.2, 0.25) is 0 Å². The number of imidazole rings is 1. The molecule has 0 saturated carbocycles. The van der Waals surface area contributed by atoms with Crippen molar-refractivity contribution >= 4 is 17.5 Å². The number of nitrogens with one attached hydrogen (secondary N) is 1. The number of nitrogen functional groups attached to an aromatic ring is 1. The molecule has 1 aliphatic heterocycles. The highest BCUT2D eigenvalue weighted by molar-refractivity contribution is 5.92. The minimum absolute atomic E-state index is 0.280. The number of fused-ring (bicyclic) bond motifs is 1. The molecular weight excluding hydrogens is 347 g/mol. The Hall–Kier alpha value is -3.42. The molecule has 0 spiro atoms. The third-order valence-electron chi connectivity index (χ3n) is 4.78. The minimum atomic E-state index is -0.319. The fraction of sp³-hybridized carbons (Fsp3) is 0.211. The zero-order valence-electron chi connectivity index (χ0n) is 15.0. The molecule has 3 heterocycles. The quantitative estimate of drug-likeness (QED) is 0.729. The lowest BCUT2D eigenvalue weighted by Crippen LogP contribution is -2.31. The molecule has 4 rings (SSSR count). The van der Waals surface area contributed by atoms with Gasteiger partial charge >= 0.3 is 6.03 Å². The molecule has 8 heteroatoms. The van der Waals surface area contributed by atoms with Gasteiger partial charge in [0.15, 0.2) is 5.82 Å². The molecule has 1 aliphatic rings. The number of amides is 2. The number of nitrogens with zero attached hydrogens (tertiary/aromatic N) is 4. The summed E-state index contributed by atoms with van der Waals surface area (Å²) in [5.74, 6) is 0.889. The first-order chi connectivity index (χ1) is 12.9. The predicted octanol–water partition coefficient (Wildman–Crippen LogP) is 3.06. The molecule has 2 amide bonds. The molecule has 0 fully saturated rings. The summed E-state index contributed by atoms with van der Waals surface area (Å²) in [6.45, 7) is 2.87. The normalized spacial score (nSPS) is 12.9. The molecule has 0 atom stereocenters. The number of anilines is 2. The third kappa shape index (κ3) is 3.10. The SMILES string of the molecule is Cc1nc2c(n1C)CN(C(=O)Nc1nc(-c3ccc(F)cc3)ccc1N)C2. The van der Waals surface area contributed by atoms with E-state index in [9.17, 15) is 9.18 Å². The van der Waals surface area contributed by atoms with E-state index >= 15 is 0 Å². The van der Waals surface area contributed by atoms with E-state index in [0.717, 1.165) is 22.8 Å². The van der Waals surface area contributed by atoms with E-state index in [1.165, 1.54) is 12.1 Å². The van der Waals surface area contributed by atoms with Gasteiger partial charge in [0.05, 0.1) is 35.9 Å². The van der Waals surface area contributed by atoms with Crippen LogP contribution in [0.1, 0.15) is 17.2 Å². The highest BCUT2D eigenvalue weighted by Gasteiger charge is 2.28. The molecule has 138 valence electrons. The van der Waals surface area contributed by atoms with Gasteiger partial charge in [-0.05, 0) is 43.3 Å². The summed E-state index contributed by atoms with van der Waals surface area (Å²) in [7, 11) is 1.94. The molecule has 0 aliphatic carbocycles. The van der Waals surface area contributed by atoms with Crippen molar-refractivity contribution in [3.8, 4) is 11.3 Å². The number of halogens is 1. The molecule has 1 aromatic carbocycles. The van der Waals surface area contributed by atoms with Crippen LogP contribution in [0.25, 0.3) is 11.3 Å². The average Bonchev–Trinajstić information content (AvgIpc) is 3.17. The number of nitrogens with two attached hydrogens (primary N) is 1. The van der Waals surface area contributed by atoms with E-state index in [-0.39, 0.29) is 17.7 Å². The lowest BCUT2D eigenvalue weighted by molar-refractivity contribution is 0.211. The Morgan fingerprint density at radius 1 is 1.15 bits per heavy atom. The van der Waals surface area contributed by atoms with Gasteiger partial charge in [-0.2, -0.15) is 0 Å². The Kier molecular flexibility index (Phi) is 4.02. The van der Waals surface area contributed by atoms with Gasteiger partial charge in [-0.25, -0.2) is 19.2 Å². The summed E-state index contributed by atoms with van der Waals surface area (Å²) in [4.78, 5) is 23.2. The molecule has 7 nitrogen and oxygen atoms in total. The van der Waals surface area contributed by atoms with Gasteiger partial charge in [-0.15, -0.1) is 0 Å². The lowest BCUT2D eigenvalue weighted by atomic mass is 10.1. The maximum Gasteiger partial charge on any atom is 0.323 e. The average molecular weight is 366 g/mol. The second-order valence-electron chi connectivity index (χ2n) is 6.54. The van der Waals surface area contributed by atoms with Crippen LogP contribution in [-0.4, -0.2) is 25.5 Å². The molecule has 3 aromatic rings. The molecule has 0 bridgehead atoms.